The molecule has 0 fully saturated rings. The van der Waals surface area contributed by atoms with Gasteiger partial charge in [-0.25, -0.2) is 8.42 Å². The first-order valence-electron chi connectivity index (χ1n) is 6.84. The quantitative estimate of drug-likeness (QED) is 0.938. The zero-order chi connectivity index (χ0) is 14.9. The van der Waals surface area contributed by atoms with E-state index in [-0.39, 0.29) is 4.21 Å². The van der Waals surface area contributed by atoms with Gasteiger partial charge in [0.25, 0.3) is 10.0 Å². The lowest BCUT2D eigenvalue weighted by molar-refractivity contribution is 0.268. The van der Waals surface area contributed by atoms with Crippen molar-refractivity contribution < 1.29 is 8.42 Å². The molecule has 0 atom stereocenters. The highest BCUT2D eigenvalue weighted by atomic mass is 32.2. The Balaban J connectivity index is 1.91. The largest absolute Gasteiger partial charge is 0.299 e. The number of anilines is 1. The minimum atomic E-state index is -3.53. The Kier molecular flexibility index (Phi) is 3.97. The monoisotopic (exact) mass is 323 g/mol. The summed E-state index contributed by atoms with van der Waals surface area (Å²) in [4.78, 5) is 6.18. The molecule has 1 aromatic carbocycles. The lowest BCUT2D eigenvalue weighted by Crippen LogP contribution is -2.31. The van der Waals surface area contributed by atoms with Gasteiger partial charge in [-0.3, -0.25) is 14.6 Å². The molecular formula is C14H17N3O2S2. The number of nitrogens with zero attached hydrogens (tertiary/aromatic N) is 2. The van der Waals surface area contributed by atoms with Crippen molar-refractivity contribution in [1.82, 2.24) is 9.88 Å². The van der Waals surface area contributed by atoms with E-state index >= 15 is 0 Å². The molecule has 0 saturated heterocycles. The summed E-state index contributed by atoms with van der Waals surface area (Å²) in [5, 5.41) is 0. The van der Waals surface area contributed by atoms with Crippen LogP contribution in [0.3, 0.4) is 0 Å². The van der Waals surface area contributed by atoms with Crippen molar-refractivity contribution in [3.63, 3.8) is 0 Å². The van der Waals surface area contributed by atoms with Crippen molar-refractivity contribution in [3.8, 4) is 0 Å². The number of hydrogen-bond donors (Lipinski definition) is 1. The van der Waals surface area contributed by atoms with Gasteiger partial charge in [-0.2, -0.15) is 0 Å². The van der Waals surface area contributed by atoms with Gasteiger partial charge in [0.2, 0.25) is 0 Å². The van der Waals surface area contributed by atoms with E-state index in [0.717, 1.165) is 43.0 Å². The molecule has 0 radical (unpaired) electrons. The van der Waals surface area contributed by atoms with Crippen LogP contribution < -0.4 is 4.72 Å². The van der Waals surface area contributed by atoms with Gasteiger partial charge in [-0.05, 0) is 30.2 Å². The third kappa shape index (κ3) is 2.95. The van der Waals surface area contributed by atoms with Gasteiger partial charge in [0, 0.05) is 13.1 Å². The summed E-state index contributed by atoms with van der Waals surface area (Å²) >= 11 is 1.12. The number of rotatable bonds is 4. The highest BCUT2D eigenvalue weighted by molar-refractivity contribution is 7.94. The number of likely N-dealkylation sites (N-methyl/N-ethyl adjacent to an activating group) is 1. The summed E-state index contributed by atoms with van der Waals surface area (Å²) in [5.41, 5.74) is 4.52. The molecule has 112 valence electrons. The first kappa shape index (κ1) is 14.5. The number of nitrogens with one attached hydrogen (secondary N) is 1. The number of thiazole rings is 1. The molecule has 0 unspecified atom stereocenters. The fourth-order valence-corrected chi connectivity index (χ4v) is 4.45. The van der Waals surface area contributed by atoms with E-state index < -0.39 is 10.0 Å². The maximum absolute atomic E-state index is 12.3. The van der Waals surface area contributed by atoms with Gasteiger partial charge in [-0.1, -0.05) is 19.1 Å². The normalized spacial score (nSPS) is 15.7. The second-order valence-corrected chi connectivity index (χ2v) is 7.78. The average molecular weight is 323 g/mol. The van der Waals surface area contributed by atoms with Crippen LogP contribution >= 0.6 is 11.3 Å². The molecule has 5 nitrogen and oxygen atoms in total. The van der Waals surface area contributed by atoms with Gasteiger partial charge in [-0.15, -0.1) is 11.3 Å². The van der Waals surface area contributed by atoms with Crippen molar-refractivity contribution in [1.29, 1.82) is 0 Å². The minimum absolute atomic E-state index is 0.242. The molecule has 1 N–H and O–H groups in total. The van der Waals surface area contributed by atoms with E-state index in [1.807, 2.05) is 12.1 Å². The van der Waals surface area contributed by atoms with Crippen LogP contribution in [0.15, 0.2) is 34.1 Å². The molecule has 1 aromatic heterocycles. The second-order valence-electron chi connectivity index (χ2n) is 4.99. The Hall–Kier alpha value is -1.44. The lowest BCUT2D eigenvalue weighted by Gasteiger charge is -2.29. The van der Waals surface area contributed by atoms with Crippen LogP contribution in [0.1, 0.15) is 18.1 Å². The van der Waals surface area contributed by atoms with Gasteiger partial charge in [0.1, 0.15) is 0 Å². The lowest BCUT2D eigenvalue weighted by atomic mass is 9.98. The first-order valence-corrected chi connectivity index (χ1v) is 9.21. The minimum Gasteiger partial charge on any atom is -0.299 e. The molecule has 1 aliphatic rings. The number of hydrogen-bond acceptors (Lipinski definition) is 5. The van der Waals surface area contributed by atoms with E-state index in [1.165, 1.54) is 17.3 Å². The van der Waals surface area contributed by atoms with Crippen molar-refractivity contribution in [2.75, 3.05) is 17.8 Å². The summed E-state index contributed by atoms with van der Waals surface area (Å²) in [6, 6.07) is 5.81. The molecule has 3 rings (SSSR count). The SMILES string of the molecule is CCN1CCc2c(cccc2NS(=O)(=O)c2cncs2)C1. The van der Waals surface area contributed by atoms with E-state index in [2.05, 4.69) is 27.6 Å². The molecule has 7 heteroatoms. The summed E-state index contributed by atoms with van der Waals surface area (Å²) in [5.74, 6) is 0. The molecule has 2 aromatic rings. The average Bonchev–Trinajstić information content (AvgIpc) is 3.02. The highest BCUT2D eigenvalue weighted by Crippen LogP contribution is 2.28. The topological polar surface area (TPSA) is 62.3 Å². The van der Waals surface area contributed by atoms with Crippen LogP contribution in [-0.2, 0) is 23.0 Å². The number of aromatic nitrogens is 1. The predicted molar refractivity (Wildman–Crippen MR) is 84.0 cm³/mol. The van der Waals surface area contributed by atoms with Crippen LogP contribution in [0.2, 0.25) is 0 Å². The van der Waals surface area contributed by atoms with E-state index in [0.29, 0.717) is 5.69 Å². The van der Waals surface area contributed by atoms with E-state index in [4.69, 9.17) is 0 Å². The molecule has 0 bridgehead atoms. The van der Waals surface area contributed by atoms with Crippen LogP contribution in [-0.4, -0.2) is 31.4 Å². The fraction of sp³-hybridized carbons (Fsp3) is 0.357. The van der Waals surface area contributed by atoms with Crippen LogP contribution in [0.4, 0.5) is 5.69 Å². The molecular weight excluding hydrogens is 306 g/mol. The number of fused-ring (bicyclic) bond motifs is 1. The summed E-state index contributed by atoms with van der Waals surface area (Å²) in [7, 11) is -3.53. The molecule has 0 amide bonds. The Morgan fingerprint density at radius 2 is 2.29 bits per heavy atom. The van der Waals surface area contributed by atoms with E-state index in [1.54, 1.807) is 0 Å². The zero-order valence-corrected chi connectivity index (χ0v) is 13.4. The Morgan fingerprint density at radius 3 is 3.00 bits per heavy atom. The summed E-state index contributed by atoms with van der Waals surface area (Å²) < 4.78 is 27.6. The third-order valence-corrected chi connectivity index (χ3v) is 6.35. The van der Waals surface area contributed by atoms with Gasteiger partial charge < -0.3 is 0 Å². The smallest absolute Gasteiger partial charge is 0.273 e. The highest BCUT2D eigenvalue weighted by Gasteiger charge is 2.21. The van der Waals surface area contributed by atoms with Gasteiger partial charge in [0.05, 0.1) is 17.4 Å². The molecule has 1 aliphatic heterocycles. The third-order valence-electron chi connectivity index (χ3n) is 3.71. The van der Waals surface area contributed by atoms with Crippen LogP contribution in [0, 0.1) is 0 Å². The van der Waals surface area contributed by atoms with Crippen molar-refractivity contribution in [3.05, 3.63) is 41.0 Å². The van der Waals surface area contributed by atoms with Crippen LogP contribution in [0.5, 0.6) is 0 Å². The molecule has 21 heavy (non-hydrogen) atoms. The van der Waals surface area contributed by atoms with Crippen molar-refractivity contribution in [2.24, 2.45) is 0 Å². The zero-order valence-electron chi connectivity index (χ0n) is 11.7. The first-order chi connectivity index (χ1) is 10.1. The molecule has 0 saturated carbocycles. The standard InChI is InChI=1S/C14H17N3O2S2/c1-2-17-7-6-12-11(9-17)4-3-5-13(12)16-21(18,19)14-8-15-10-20-14/h3-5,8,10,16H,2,6-7,9H2,1H3. The number of sulfonamides is 1. The fourth-order valence-electron chi connectivity index (χ4n) is 2.57. The van der Waals surface area contributed by atoms with Gasteiger partial charge in [0.15, 0.2) is 4.21 Å². The van der Waals surface area contributed by atoms with Crippen molar-refractivity contribution in [2.45, 2.75) is 24.1 Å². The number of benzene rings is 1. The Bertz CT molecular complexity index is 727. The van der Waals surface area contributed by atoms with Gasteiger partial charge >= 0.3 is 0 Å². The van der Waals surface area contributed by atoms with E-state index in [9.17, 15) is 8.42 Å². The van der Waals surface area contributed by atoms with Crippen molar-refractivity contribution >= 4 is 27.0 Å². The predicted octanol–water partition coefficient (Wildman–Crippen LogP) is 2.32. The Labute approximate surface area is 128 Å². The second kappa shape index (κ2) is 5.75. The molecule has 2 heterocycles. The molecule has 0 aliphatic carbocycles. The maximum Gasteiger partial charge on any atom is 0.273 e. The van der Waals surface area contributed by atoms with Crippen LogP contribution in [0.25, 0.3) is 0 Å². The Morgan fingerprint density at radius 1 is 1.43 bits per heavy atom. The molecule has 0 spiro atoms. The maximum atomic E-state index is 12.3. The summed E-state index contributed by atoms with van der Waals surface area (Å²) in [6.45, 7) is 4.99. The summed E-state index contributed by atoms with van der Waals surface area (Å²) in [6.07, 6.45) is 2.24.